The Labute approximate surface area is 132 Å². The summed E-state index contributed by atoms with van der Waals surface area (Å²) in [6.07, 6.45) is 0. The average molecular weight is 317 g/mol. The first-order chi connectivity index (χ1) is 10.5. The third-order valence-electron chi connectivity index (χ3n) is 3.05. The summed E-state index contributed by atoms with van der Waals surface area (Å²) in [5.74, 6) is -0.649. The predicted octanol–water partition coefficient (Wildman–Crippen LogP) is 4.15. The van der Waals surface area contributed by atoms with Gasteiger partial charge in [0.15, 0.2) is 5.78 Å². The van der Waals surface area contributed by atoms with Gasteiger partial charge in [0.05, 0.1) is 5.25 Å². The van der Waals surface area contributed by atoms with E-state index in [0.717, 1.165) is 11.8 Å². The molecule has 0 aliphatic rings. The zero-order valence-electron chi connectivity index (χ0n) is 12.3. The van der Waals surface area contributed by atoms with Gasteiger partial charge >= 0.3 is 0 Å². The van der Waals surface area contributed by atoms with Gasteiger partial charge in [0.1, 0.15) is 5.82 Å². The normalized spacial score (nSPS) is 11.8. The summed E-state index contributed by atoms with van der Waals surface area (Å²) < 4.78 is 13.6. The molecule has 0 saturated carbocycles. The number of anilines is 1. The average Bonchev–Trinajstić information content (AvgIpc) is 2.49. The lowest BCUT2D eigenvalue weighted by molar-refractivity contribution is -0.115. The van der Waals surface area contributed by atoms with E-state index in [2.05, 4.69) is 5.32 Å². The topological polar surface area (TPSA) is 46.2 Å². The molecule has 2 aromatic rings. The van der Waals surface area contributed by atoms with Crippen LogP contribution < -0.4 is 5.32 Å². The molecule has 0 unspecified atom stereocenters. The maximum Gasteiger partial charge on any atom is 0.237 e. The largest absolute Gasteiger partial charge is 0.325 e. The number of rotatable bonds is 5. The number of Topliss-reactive ketones (excluding diaryl/α,β-unsaturated/α-hetero) is 1. The lowest BCUT2D eigenvalue weighted by Gasteiger charge is -2.13. The summed E-state index contributed by atoms with van der Waals surface area (Å²) in [6, 6.07) is 13.1. The molecule has 0 heterocycles. The Balaban J connectivity index is 2.04. The van der Waals surface area contributed by atoms with E-state index < -0.39 is 5.25 Å². The van der Waals surface area contributed by atoms with Crippen LogP contribution in [0.25, 0.3) is 0 Å². The van der Waals surface area contributed by atoms with Crippen molar-refractivity contribution in [3.8, 4) is 0 Å². The van der Waals surface area contributed by atoms with Gasteiger partial charge in [0, 0.05) is 16.1 Å². The van der Waals surface area contributed by atoms with Crippen LogP contribution in [0.15, 0.2) is 53.4 Å². The van der Waals surface area contributed by atoms with Crippen LogP contribution in [0.3, 0.4) is 0 Å². The molecule has 1 atom stereocenters. The SMILES string of the molecule is CC(=O)c1cccc(NC(=O)[C@H](C)Sc2ccccc2F)c1. The van der Waals surface area contributed by atoms with Crippen LogP contribution in [0, 0.1) is 5.82 Å². The Kier molecular flexibility index (Phi) is 5.33. The highest BCUT2D eigenvalue weighted by molar-refractivity contribution is 8.00. The van der Waals surface area contributed by atoms with Crippen molar-refractivity contribution in [2.45, 2.75) is 24.0 Å². The van der Waals surface area contributed by atoms with Crippen molar-refractivity contribution in [1.29, 1.82) is 0 Å². The van der Waals surface area contributed by atoms with E-state index in [0.29, 0.717) is 16.1 Å². The number of amides is 1. The van der Waals surface area contributed by atoms with Gasteiger partial charge in [-0.2, -0.15) is 0 Å². The number of nitrogens with one attached hydrogen (secondary N) is 1. The Bertz CT molecular complexity index is 703. The fourth-order valence-corrected chi connectivity index (χ4v) is 2.73. The van der Waals surface area contributed by atoms with Crippen LogP contribution in [-0.4, -0.2) is 16.9 Å². The minimum absolute atomic E-state index is 0.0649. The van der Waals surface area contributed by atoms with Crippen molar-refractivity contribution < 1.29 is 14.0 Å². The third-order valence-corrected chi connectivity index (χ3v) is 4.20. The van der Waals surface area contributed by atoms with Gasteiger partial charge in [-0.25, -0.2) is 4.39 Å². The summed E-state index contributed by atoms with van der Waals surface area (Å²) in [5, 5.41) is 2.28. The van der Waals surface area contributed by atoms with Crippen LogP contribution in [-0.2, 0) is 4.79 Å². The summed E-state index contributed by atoms with van der Waals surface area (Å²) >= 11 is 1.15. The highest BCUT2D eigenvalue weighted by Crippen LogP contribution is 2.26. The number of halogens is 1. The number of carbonyl (C=O) groups excluding carboxylic acids is 2. The van der Waals surface area contributed by atoms with Crippen molar-refractivity contribution in [3.05, 3.63) is 59.9 Å². The minimum atomic E-state index is -0.460. The van der Waals surface area contributed by atoms with Crippen molar-refractivity contribution in [2.24, 2.45) is 0 Å². The van der Waals surface area contributed by atoms with Crippen molar-refractivity contribution in [3.63, 3.8) is 0 Å². The minimum Gasteiger partial charge on any atom is -0.325 e. The second kappa shape index (κ2) is 7.22. The Morgan fingerprint density at radius 3 is 2.55 bits per heavy atom. The number of hydrogen-bond acceptors (Lipinski definition) is 3. The quantitative estimate of drug-likeness (QED) is 0.665. The Hall–Kier alpha value is -2.14. The third kappa shape index (κ3) is 4.18. The molecule has 0 aliphatic carbocycles. The fourth-order valence-electron chi connectivity index (χ4n) is 1.84. The highest BCUT2D eigenvalue weighted by atomic mass is 32.2. The molecule has 0 fully saturated rings. The Morgan fingerprint density at radius 2 is 1.86 bits per heavy atom. The number of benzene rings is 2. The fraction of sp³-hybridized carbons (Fsp3) is 0.176. The number of thioether (sulfide) groups is 1. The molecule has 5 heteroatoms. The van der Waals surface area contributed by atoms with Crippen LogP contribution in [0.2, 0.25) is 0 Å². The lowest BCUT2D eigenvalue weighted by Crippen LogP contribution is -2.22. The number of carbonyl (C=O) groups is 2. The molecule has 1 N–H and O–H groups in total. The molecule has 0 saturated heterocycles. The van der Waals surface area contributed by atoms with Gasteiger partial charge in [-0.15, -0.1) is 11.8 Å². The summed E-state index contributed by atoms with van der Waals surface area (Å²) in [6.45, 7) is 3.18. The van der Waals surface area contributed by atoms with Crippen molar-refractivity contribution >= 4 is 29.1 Å². The van der Waals surface area contributed by atoms with Crippen LogP contribution >= 0.6 is 11.8 Å². The smallest absolute Gasteiger partial charge is 0.237 e. The zero-order chi connectivity index (χ0) is 16.1. The van der Waals surface area contributed by atoms with Gasteiger partial charge in [-0.05, 0) is 38.1 Å². The van der Waals surface area contributed by atoms with E-state index in [1.165, 1.54) is 13.0 Å². The first-order valence-corrected chi connectivity index (χ1v) is 7.68. The monoisotopic (exact) mass is 317 g/mol. The molecule has 0 aromatic heterocycles. The summed E-state index contributed by atoms with van der Waals surface area (Å²) in [5.41, 5.74) is 1.09. The van der Waals surface area contributed by atoms with E-state index in [9.17, 15) is 14.0 Å². The van der Waals surface area contributed by atoms with E-state index in [4.69, 9.17) is 0 Å². The summed E-state index contributed by atoms with van der Waals surface area (Å²) in [4.78, 5) is 23.9. The molecule has 0 radical (unpaired) electrons. The maximum absolute atomic E-state index is 13.6. The van der Waals surface area contributed by atoms with Gasteiger partial charge in [-0.1, -0.05) is 24.3 Å². The van der Waals surface area contributed by atoms with Crippen LogP contribution in [0.4, 0.5) is 10.1 Å². The molecule has 2 aromatic carbocycles. The molecule has 3 nitrogen and oxygen atoms in total. The summed E-state index contributed by atoms with van der Waals surface area (Å²) in [7, 11) is 0. The number of hydrogen-bond donors (Lipinski definition) is 1. The van der Waals surface area contributed by atoms with Gasteiger partial charge in [0.2, 0.25) is 5.91 Å². The second-order valence-electron chi connectivity index (χ2n) is 4.82. The molecule has 0 spiro atoms. The molecule has 22 heavy (non-hydrogen) atoms. The molecule has 1 amide bonds. The molecule has 0 bridgehead atoms. The second-order valence-corrected chi connectivity index (χ2v) is 6.20. The predicted molar refractivity (Wildman–Crippen MR) is 86.8 cm³/mol. The first kappa shape index (κ1) is 16.2. The standard InChI is InChI=1S/C17H16FNO2S/c1-11(20)13-6-5-7-14(10-13)19-17(21)12(2)22-16-9-4-3-8-15(16)18/h3-10,12H,1-2H3,(H,19,21)/t12-/m0/s1. The van der Waals surface area contributed by atoms with Gasteiger partial charge in [-0.3, -0.25) is 9.59 Å². The first-order valence-electron chi connectivity index (χ1n) is 6.80. The van der Waals surface area contributed by atoms with Gasteiger partial charge < -0.3 is 5.32 Å². The number of ketones is 1. The Morgan fingerprint density at radius 1 is 1.14 bits per heavy atom. The van der Waals surface area contributed by atoms with E-state index >= 15 is 0 Å². The van der Waals surface area contributed by atoms with Crippen LogP contribution in [0.1, 0.15) is 24.2 Å². The van der Waals surface area contributed by atoms with Crippen LogP contribution in [0.5, 0.6) is 0 Å². The van der Waals surface area contributed by atoms with E-state index in [1.807, 2.05) is 0 Å². The highest BCUT2D eigenvalue weighted by Gasteiger charge is 2.16. The van der Waals surface area contributed by atoms with E-state index in [1.54, 1.807) is 49.4 Å². The molecule has 0 aliphatic heterocycles. The van der Waals surface area contributed by atoms with Crippen molar-refractivity contribution in [1.82, 2.24) is 0 Å². The van der Waals surface area contributed by atoms with Gasteiger partial charge in [0.25, 0.3) is 0 Å². The molecular formula is C17H16FNO2S. The molecule has 2 rings (SSSR count). The lowest BCUT2D eigenvalue weighted by atomic mass is 10.1. The zero-order valence-corrected chi connectivity index (χ0v) is 13.1. The van der Waals surface area contributed by atoms with E-state index in [-0.39, 0.29) is 17.5 Å². The molecular weight excluding hydrogens is 301 g/mol. The maximum atomic E-state index is 13.6. The van der Waals surface area contributed by atoms with Crippen molar-refractivity contribution in [2.75, 3.05) is 5.32 Å². The molecule has 114 valence electrons.